The highest BCUT2D eigenvalue weighted by molar-refractivity contribution is 7.90. The normalized spacial score (nSPS) is 11.3. The summed E-state index contributed by atoms with van der Waals surface area (Å²) in [5, 5.41) is 0.685. The first kappa shape index (κ1) is 17.8. The van der Waals surface area contributed by atoms with E-state index in [4.69, 9.17) is 27.9 Å². The molecular weight excluding hydrogens is 379 g/mol. The second-order valence-electron chi connectivity index (χ2n) is 5.33. The van der Waals surface area contributed by atoms with E-state index in [1.165, 1.54) is 18.2 Å². The van der Waals surface area contributed by atoms with Crippen LogP contribution in [0.4, 0.5) is 0 Å². The molecule has 3 rings (SSSR count). The molecule has 0 unspecified atom stereocenters. The first-order valence-electron chi connectivity index (χ1n) is 7.35. The lowest BCUT2D eigenvalue weighted by atomic mass is 10.2. The molecule has 6 heteroatoms. The van der Waals surface area contributed by atoms with Gasteiger partial charge in [-0.2, -0.15) is 0 Å². The number of ether oxygens (including phenoxy) is 1. The Bertz CT molecular complexity index is 987. The molecule has 25 heavy (non-hydrogen) atoms. The van der Waals surface area contributed by atoms with Gasteiger partial charge in [0.1, 0.15) is 11.5 Å². The summed E-state index contributed by atoms with van der Waals surface area (Å²) >= 11 is 12.1. The number of hydrogen-bond donors (Lipinski definition) is 0. The maximum absolute atomic E-state index is 12.5. The van der Waals surface area contributed by atoms with Crippen molar-refractivity contribution in [3.8, 4) is 11.5 Å². The van der Waals surface area contributed by atoms with Crippen LogP contribution in [0.2, 0.25) is 10.0 Å². The minimum atomic E-state index is -3.50. The van der Waals surface area contributed by atoms with Crippen LogP contribution in [0.1, 0.15) is 5.56 Å². The lowest BCUT2D eigenvalue weighted by molar-refractivity contribution is 0.482. The van der Waals surface area contributed by atoms with Gasteiger partial charge in [0.2, 0.25) is 0 Å². The van der Waals surface area contributed by atoms with Crippen LogP contribution in [0, 0.1) is 6.07 Å². The maximum atomic E-state index is 12.5. The van der Waals surface area contributed by atoms with Gasteiger partial charge in [-0.25, -0.2) is 8.42 Å². The predicted octanol–water partition coefficient (Wildman–Crippen LogP) is 5.56. The third kappa shape index (κ3) is 4.54. The maximum Gasteiger partial charge on any atom is 0.182 e. The molecule has 0 atom stereocenters. The van der Waals surface area contributed by atoms with Crippen LogP contribution in [0.3, 0.4) is 0 Å². The van der Waals surface area contributed by atoms with Gasteiger partial charge in [0.15, 0.2) is 9.84 Å². The number of halogens is 2. The van der Waals surface area contributed by atoms with E-state index < -0.39 is 9.84 Å². The Labute approximate surface area is 156 Å². The number of benzene rings is 3. The molecule has 0 aliphatic heterocycles. The smallest absolute Gasteiger partial charge is 0.182 e. The van der Waals surface area contributed by atoms with Crippen LogP contribution >= 0.6 is 23.2 Å². The van der Waals surface area contributed by atoms with E-state index in [1.807, 2.05) is 6.07 Å². The van der Waals surface area contributed by atoms with E-state index in [0.717, 1.165) is 0 Å². The lowest BCUT2D eigenvalue weighted by Gasteiger charge is -2.10. The highest BCUT2D eigenvalue weighted by atomic mass is 35.5. The molecule has 0 aliphatic rings. The van der Waals surface area contributed by atoms with Crippen LogP contribution in [0.25, 0.3) is 0 Å². The summed E-state index contributed by atoms with van der Waals surface area (Å²) in [5.41, 5.74) is 0.716. The van der Waals surface area contributed by atoms with Gasteiger partial charge in [-0.05, 0) is 48.0 Å². The highest BCUT2D eigenvalue weighted by Crippen LogP contribution is 2.32. The summed E-state index contributed by atoms with van der Waals surface area (Å²) in [7, 11) is -3.50. The van der Waals surface area contributed by atoms with Gasteiger partial charge in [0.05, 0.1) is 15.7 Å². The molecule has 0 aromatic heterocycles. The molecule has 3 nitrogen and oxygen atoms in total. The molecule has 0 N–H and O–H groups in total. The molecule has 0 amide bonds. The summed E-state index contributed by atoms with van der Waals surface area (Å²) in [5.74, 6) is 0.721. The van der Waals surface area contributed by atoms with Gasteiger partial charge >= 0.3 is 0 Å². The van der Waals surface area contributed by atoms with E-state index in [9.17, 15) is 8.42 Å². The number of rotatable bonds is 5. The molecule has 0 saturated heterocycles. The van der Waals surface area contributed by atoms with Crippen LogP contribution < -0.4 is 4.74 Å². The van der Waals surface area contributed by atoms with E-state index in [0.29, 0.717) is 22.1 Å². The molecule has 0 spiro atoms. The van der Waals surface area contributed by atoms with Crippen molar-refractivity contribution in [2.75, 3.05) is 0 Å². The number of sulfone groups is 1. The Hall–Kier alpha value is -2.01. The first-order valence-corrected chi connectivity index (χ1v) is 9.75. The van der Waals surface area contributed by atoms with Crippen LogP contribution in [-0.4, -0.2) is 8.42 Å². The zero-order valence-electron chi connectivity index (χ0n) is 12.9. The molecule has 3 aromatic rings. The van der Waals surface area contributed by atoms with Crippen molar-refractivity contribution in [3.63, 3.8) is 0 Å². The molecule has 3 aromatic carbocycles. The molecule has 0 aliphatic carbocycles. The summed E-state index contributed by atoms with van der Waals surface area (Å²) in [6.07, 6.45) is 0. The molecule has 1 radical (unpaired) electrons. The molecule has 127 valence electrons. The van der Waals surface area contributed by atoms with Gasteiger partial charge in [0, 0.05) is 5.02 Å². The van der Waals surface area contributed by atoms with Crippen LogP contribution in [0.15, 0.2) is 71.6 Å². The van der Waals surface area contributed by atoms with E-state index >= 15 is 0 Å². The monoisotopic (exact) mass is 391 g/mol. The minimum Gasteiger partial charge on any atom is -0.456 e. The fourth-order valence-corrected chi connectivity index (χ4v) is 4.07. The second kappa shape index (κ2) is 7.48. The third-order valence-corrected chi connectivity index (χ3v) is 5.62. The highest BCUT2D eigenvalue weighted by Gasteiger charge is 2.17. The largest absolute Gasteiger partial charge is 0.456 e. The van der Waals surface area contributed by atoms with Gasteiger partial charge in [0.25, 0.3) is 0 Å². The van der Waals surface area contributed by atoms with Gasteiger partial charge in [-0.3, -0.25) is 0 Å². The fourth-order valence-electron chi connectivity index (χ4n) is 2.24. The van der Waals surface area contributed by atoms with E-state index in [2.05, 4.69) is 6.07 Å². The van der Waals surface area contributed by atoms with Crippen molar-refractivity contribution in [1.82, 2.24) is 0 Å². The summed E-state index contributed by atoms with van der Waals surface area (Å²) in [6.45, 7) is 0. The summed E-state index contributed by atoms with van der Waals surface area (Å²) < 4.78 is 30.7. The standard InChI is InChI=1S/C19H13Cl2O3S/c20-15-7-4-8-16(11-15)24-19-10-9-17(12-18(19)21)25(22,23)13-14-5-2-1-3-6-14/h1-3,5-12H,13H2. The average Bonchev–Trinajstić information content (AvgIpc) is 2.57. The summed E-state index contributed by atoms with van der Waals surface area (Å²) in [4.78, 5) is 0.145. The summed E-state index contributed by atoms with van der Waals surface area (Å²) in [6, 6.07) is 21.1. The third-order valence-electron chi connectivity index (χ3n) is 3.42. The van der Waals surface area contributed by atoms with E-state index in [1.54, 1.807) is 42.5 Å². The van der Waals surface area contributed by atoms with Gasteiger partial charge < -0.3 is 4.74 Å². The van der Waals surface area contributed by atoms with E-state index in [-0.39, 0.29) is 15.7 Å². The van der Waals surface area contributed by atoms with Crippen LogP contribution in [0.5, 0.6) is 11.5 Å². The number of hydrogen-bond acceptors (Lipinski definition) is 3. The minimum absolute atomic E-state index is 0.0897. The zero-order valence-corrected chi connectivity index (χ0v) is 15.3. The molecule has 0 bridgehead atoms. The SMILES string of the molecule is O=S(=O)(Cc1ccccc1)c1ccc(Oc2c[c]cc(Cl)c2)c(Cl)c1. The Morgan fingerprint density at radius 3 is 2.40 bits per heavy atom. The lowest BCUT2D eigenvalue weighted by Crippen LogP contribution is -2.05. The van der Waals surface area contributed by atoms with Crippen molar-refractivity contribution in [3.05, 3.63) is 88.4 Å². The van der Waals surface area contributed by atoms with Crippen molar-refractivity contribution in [1.29, 1.82) is 0 Å². The Morgan fingerprint density at radius 1 is 0.960 bits per heavy atom. The van der Waals surface area contributed by atoms with Crippen molar-refractivity contribution in [2.45, 2.75) is 10.6 Å². The molecule has 0 saturated carbocycles. The molecule has 0 fully saturated rings. The van der Waals surface area contributed by atoms with Crippen LogP contribution in [-0.2, 0) is 15.6 Å². The van der Waals surface area contributed by atoms with Gasteiger partial charge in [-0.15, -0.1) is 0 Å². The Kier molecular flexibility index (Phi) is 5.33. The second-order valence-corrected chi connectivity index (χ2v) is 8.16. The average molecular weight is 392 g/mol. The van der Waals surface area contributed by atoms with Crippen molar-refractivity contribution >= 4 is 33.0 Å². The topological polar surface area (TPSA) is 43.4 Å². The van der Waals surface area contributed by atoms with Crippen molar-refractivity contribution < 1.29 is 13.2 Å². The molecular formula is C19H13Cl2O3S. The fraction of sp³-hybridized carbons (Fsp3) is 0.0526. The van der Waals surface area contributed by atoms with Gasteiger partial charge in [-0.1, -0.05) is 53.5 Å². The molecule has 0 heterocycles. The van der Waals surface area contributed by atoms with Crippen molar-refractivity contribution in [2.24, 2.45) is 0 Å². The Morgan fingerprint density at radius 2 is 1.72 bits per heavy atom. The predicted molar refractivity (Wildman–Crippen MR) is 99.1 cm³/mol. The zero-order chi connectivity index (χ0) is 17.9. The first-order chi connectivity index (χ1) is 11.9. The Balaban J connectivity index is 1.84. The quantitative estimate of drug-likeness (QED) is 0.571.